The Labute approximate surface area is 123 Å². The van der Waals surface area contributed by atoms with E-state index in [0.29, 0.717) is 12.1 Å². The van der Waals surface area contributed by atoms with E-state index in [0.717, 1.165) is 19.0 Å². The van der Waals surface area contributed by atoms with Crippen molar-refractivity contribution in [2.45, 2.75) is 58.7 Å². The largest absolute Gasteiger partial charge is 0.337 e. The third-order valence-corrected chi connectivity index (χ3v) is 4.77. The smallest absolute Gasteiger partial charge is 0.0945 e. The molecule has 0 aliphatic carbocycles. The van der Waals surface area contributed by atoms with Gasteiger partial charge in [-0.05, 0) is 32.2 Å². The first-order valence-corrected chi connectivity index (χ1v) is 8.14. The number of hydrogen-bond donors (Lipinski definition) is 1. The van der Waals surface area contributed by atoms with E-state index in [9.17, 15) is 0 Å². The fourth-order valence-electron chi connectivity index (χ4n) is 3.01. The minimum atomic E-state index is 0.651. The van der Waals surface area contributed by atoms with Gasteiger partial charge >= 0.3 is 0 Å². The van der Waals surface area contributed by atoms with Gasteiger partial charge in [0.2, 0.25) is 0 Å². The molecule has 2 heterocycles. The SMILES string of the molecule is CCC(C)C1CN(CCCn2ccnc2)C(C)CCN1. The van der Waals surface area contributed by atoms with Gasteiger partial charge in [0, 0.05) is 44.1 Å². The summed E-state index contributed by atoms with van der Waals surface area (Å²) in [6, 6.07) is 1.34. The second-order valence-electron chi connectivity index (χ2n) is 6.23. The van der Waals surface area contributed by atoms with Crippen LogP contribution >= 0.6 is 0 Å². The van der Waals surface area contributed by atoms with Gasteiger partial charge in [-0.1, -0.05) is 20.3 Å². The Morgan fingerprint density at radius 2 is 2.25 bits per heavy atom. The van der Waals surface area contributed by atoms with Crippen LogP contribution in [-0.4, -0.2) is 46.2 Å². The van der Waals surface area contributed by atoms with E-state index in [4.69, 9.17) is 0 Å². The van der Waals surface area contributed by atoms with Crippen LogP contribution in [0.1, 0.15) is 40.0 Å². The van der Waals surface area contributed by atoms with E-state index in [1.165, 1.54) is 32.4 Å². The zero-order valence-electron chi connectivity index (χ0n) is 13.3. The molecule has 1 aliphatic rings. The van der Waals surface area contributed by atoms with Crippen LogP contribution in [0.5, 0.6) is 0 Å². The summed E-state index contributed by atoms with van der Waals surface area (Å²) in [5.74, 6) is 0.761. The first kappa shape index (κ1) is 15.5. The molecule has 1 aliphatic heterocycles. The van der Waals surface area contributed by atoms with Crippen molar-refractivity contribution in [3.8, 4) is 0 Å². The predicted octanol–water partition coefficient (Wildman–Crippen LogP) is 2.37. The molecule has 0 aromatic carbocycles. The summed E-state index contributed by atoms with van der Waals surface area (Å²) in [4.78, 5) is 6.78. The van der Waals surface area contributed by atoms with Crippen molar-refractivity contribution in [3.63, 3.8) is 0 Å². The standard InChI is InChI=1S/C16H30N4/c1-4-14(2)16-12-20(15(3)6-7-18-16)10-5-9-19-11-8-17-13-19/h8,11,13-16,18H,4-7,9-10,12H2,1-3H3. The van der Waals surface area contributed by atoms with Gasteiger partial charge in [-0.2, -0.15) is 0 Å². The molecule has 1 aromatic rings. The van der Waals surface area contributed by atoms with Crippen LogP contribution in [0.4, 0.5) is 0 Å². The Hall–Kier alpha value is -0.870. The molecule has 0 saturated carbocycles. The van der Waals surface area contributed by atoms with Crippen molar-refractivity contribution in [2.75, 3.05) is 19.6 Å². The number of aryl methyl sites for hydroxylation is 1. The molecule has 0 radical (unpaired) electrons. The van der Waals surface area contributed by atoms with Gasteiger partial charge in [0.1, 0.15) is 0 Å². The van der Waals surface area contributed by atoms with Crippen LogP contribution in [0, 0.1) is 5.92 Å². The van der Waals surface area contributed by atoms with Gasteiger partial charge in [0.15, 0.2) is 0 Å². The minimum absolute atomic E-state index is 0.651. The van der Waals surface area contributed by atoms with E-state index in [1.807, 2.05) is 12.5 Å². The van der Waals surface area contributed by atoms with Crippen molar-refractivity contribution in [1.29, 1.82) is 0 Å². The summed E-state index contributed by atoms with van der Waals surface area (Å²) in [5, 5.41) is 3.74. The molecular formula is C16H30N4. The summed E-state index contributed by atoms with van der Waals surface area (Å²) in [7, 11) is 0. The lowest BCUT2D eigenvalue weighted by molar-refractivity contribution is 0.183. The van der Waals surface area contributed by atoms with Crippen molar-refractivity contribution in [3.05, 3.63) is 18.7 Å². The lowest BCUT2D eigenvalue weighted by Crippen LogP contribution is -2.44. The van der Waals surface area contributed by atoms with E-state index in [-0.39, 0.29) is 0 Å². The molecule has 2 rings (SSSR count). The Bertz CT molecular complexity index is 363. The molecular weight excluding hydrogens is 248 g/mol. The summed E-state index contributed by atoms with van der Waals surface area (Å²) in [5.41, 5.74) is 0. The Morgan fingerprint density at radius 1 is 1.40 bits per heavy atom. The normalized spacial score (nSPS) is 26.4. The number of aromatic nitrogens is 2. The molecule has 1 fully saturated rings. The third kappa shape index (κ3) is 4.32. The molecule has 1 N–H and O–H groups in total. The van der Waals surface area contributed by atoms with E-state index >= 15 is 0 Å². The maximum absolute atomic E-state index is 4.10. The highest BCUT2D eigenvalue weighted by Crippen LogP contribution is 2.16. The highest BCUT2D eigenvalue weighted by atomic mass is 15.2. The molecule has 114 valence electrons. The summed E-state index contributed by atoms with van der Waals surface area (Å²) in [6.45, 7) is 11.7. The maximum Gasteiger partial charge on any atom is 0.0945 e. The van der Waals surface area contributed by atoms with Crippen molar-refractivity contribution in [1.82, 2.24) is 19.8 Å². The number of imidazole rings is 1. The zero-order valence-corrected chi connectivity index (χ0v) is 13.3. The molecule has 0 spiro atoms. The monoisotopic (exact) mass is 278 g/mol. The molecule has 4 nitrogen and oxygen atoms in total. The maximum atomic E-state index is 4.10. The van der Waals surface area contributed by atoms with Gasteiger partial charge in [-0.15, -0.1) is 0 Å². The van der Waals surface area contributed by atoms with E-state index in [2.05, 4.69) is 46.7 Å². The fourth-order valence-corrected chi connectivity index (χ4v) is 3.01. The van der Waals surface area contributed by atoms with Gasteiger partial charge in [-0.25, -0.2) is 4.98 Å². The number of hydrogen-bond acceptors (Lipinski definition) is 3. The molecule has 0 amide bonds. The number of rotatable bonds is 6. The van der Waals surface area contributed by atoms with Crippen LogP contribution in [0.3, 0.4) is 0 Å². The molecule has 0 bridgehead atoms. The summed E-state index contributed by atoms with van der Waals surface area (Å²) in [6.07, 6.45) is 9.54. The van der Waals surface area contributed by atoms with E-state index in [1.54, 1.807) is 0 Å². The first-order valence-electron chi connectivity index (χ1n) is 8.14. The quantitative estimate of drug-likeness (QED) is 0.867. The van der Waals surface area contributed by atoms with Gasteiger partial charge in [-0.3, -0.25) is 4.90 Å². The predicted molar refractivity (Wildman–Crippen MR) is 83.7 cm³/mol. The van der Waals surface area contributed by atoms with Crippen molar-refractivity contribution >= 4 is 0 Å². The third-order valence-electron chi connectivity index (χ3n) is 4.77. The minimum Gasteiger partial charge on any atom is -0.337 e. The zero-order chi connectivity index (χ0) is 14.4. The van der Waals surface area contributed by atoms with Gasteiger partial charge in [0.05, 0.1) is 6.33 Å². The van der Waals surface area contributed by atoms with Crippen molar-refractivity contribution in [2.24, 2.45) is 5.92 Å². The van der Waals surface area contributed by atoms with Gasteiger partial charge < -0.3 is 9.88 Å². The average molecular weight is 278 g/mol. The topological polar surface area (TPSA) is 33.1 Å². The fraction of sp³-hybridized carbons (Fsp3) is 0.812. The van der Waals surface area contributed by atoms with Crippen LogP contribution in [-0.2, 0) is 6.54 Å². The average Bonchev–Trinajstić information content (AvgIpc) is 2.89. The molecule has 1 saturated heterocycles. The molecule has 4 heteroatoms. The Morgan fingerprint density at radius 3 is 2.95 bits per heavy atom. The second-order valence-corrected chi connectivity index (χ2v) is 6.23. The molecule has 20 heavy (non-hydrogen) atoms. The highest BCUT2D eigenvalue weighted by molar-refractivity contribution is 4.84. The first-order chi connectivity index (χ1) is 9.70. The van der Waals surface area contributed by atoms with Crippen LogP contribution < -0.4 is 5.32 Å². The number of nitrogens with one attached hydrogen (secondary N) is 1. The molecule has 3 atom stereocenters. The highest BCUT2D eigenvalue weighted by Gasteiger charge is 2.25. The molecule has 3 unspecified atom stereocenters. The molecule has 1 aromatic heterocycles. The van der Waals surface area contributed by atoms with Crippen LogP contribution in [0.15, 0.2) is 18.7 Å². The number of nitrogens with zero attached hydrogens (tertiary/aromatic N) is 3. The summed E-state index contributed by atoms with van der Waals surface area (Å²) < 4.78 is 2.17. The lowest BCUT2D eigenvalue weighted by Gasteiger charge is -2.31. The van der Waals surface area contributed by atoms with Crippen LogP contribution in [0.25, 0.3) is 0 Å². The Balaban J connectivity index is 1.83. The van der Waals surface area contributed by atoms with Gasteiger partial charge in [0.25, 0.3) is 0 Å². The van der Waals surface area contributed by atoms with E-state index < -0.39 is 0 Å². The Kier molecular flexibility index (Phi) is 6.05. The van der Waals surface area contributed by atoms with Crippen LogP contribution in [0.2, 0.25) is 0 Å². The van der Waals surface area contributed by atoms with Crippen molar-refractivity contribution < 1.29 is 0 Å². The second kappa shape index (κ2) is 7.79. The lowest BCUT2D eigenvalue weighted by atomic mass is 9.99. The summed E-state index contributed by atoms with van der Waals surface area (Å²) >= 11 is 0.